The molecule has 86 valence electrons. The predicted molar refractivity (Wildman–Crippen MR) is 61.6 cm³/mol. The first kappa shape index (κ1) is 12.4. The fourth-order valence-electron chi connectivity index (χ4n) is 1.31. The third-order valence-electron chi connectivity index (χ3n) is 2.27. The number of nitrogen functional groups attached to an aromatic ring is 1. The van der Waals surface area contributed by atoms with Crippen LogP contribution in [0, 0.1) is 0 Å². The summed E-state index contributed by atoms with van der Waals surface area (Å²) in [5.74, 6) is 0. The van der Waals surface area contributed by atoms with Gasteiger partial charge < -0.3 is 10.8 Å². The Hall–Kier alpha value is -0.720. The molecule has 0 bridgehead atoms. The Labute approximate surface area is 94.1 Å². The van der Waals surface area contributed by atoms with Crippen LogP contribution < -0.4 is 5.73 Å². The van der Waals surface area contributed by atoms with Gasteiger partial charge in [0.05, 0.1) is 0 Å². The minimum Gasteiger partial charge on any atom is -0.396 e. The molecule has 0 atom stereocenters. The first-order valence-corrected chi connectivity index (χ1v) is 5.84. The van der Waals surface area contributed by atoms with E-state index < -0.39 is 0 Å². The predicted octanol–water partition coefficient (Wildman–Crippen LogP) is 0.713. The highest BCUT2D eigenvalue weighted by molar-refractivity contribution is 7.09. The second-order valence-electron chi connectivity index (χ2n) is 3.73. The molecular weight excluding hydrogens is 212 g/mol. The summed E-state index contributed by atoms with van der Waals surface area (Å²) >= 11 is 1.22. The topological polar surface area (TPSA) is 75.3 Å². The molecule has 0 unspecified atom stereocenters. The van der Waals surface area contributed by atoms with Crippen molar-refractivity contribution >= 4 is 16.5 Å². The van der Waals surface area contributed by atoms with Crippen molar-refractivity contribution in [3.63, 3.8) is 0 Å². The van der Waals surface area contributed by atoms with Crippen molar-refractivity contribution in [2.24, 2.45) is 0 Å². The average Bonchev–Trinajstić information content (AvgIpc) is 2.58. The van der Waals surface area contributed by atoms with E-state index in [-0.39, 0.29) is 6.61 Å². The maximum absolute atomic E-state index is 8.80. The van der Waals surface area contributed by atoms with E-state index in [4.69, 9.17) is 10.8 Å². The highest BCUT2D eigenvalue weighted by Gasteiger charge is 2.13. The van der Waals surface area contributed by atoms with Crippen molar-refractivity contribution in [2.45, 2.75) is 32.9 Å². The molecule has 0 radical (unpaired) electrons. The summed E-state index contributed by atoms with van der Waals surface area (Å²) < 4.78 is 3.81. The molecule has 0 aliphatic heterocycles. The van der Waals surface area contributed by atoms with E-state index in [1.807, 2.05) is 0 Å². The van der Waals surface area contributed by atoms with Gasteiger partial charge in [-0.25, -0.2) is 0 Å². The molecule has 6 heteroatoms. The van der Waals surface area contributed by atoms with Crippen LogP contribution in [-0.2, 0) is 6.54 Å². The van der Waals surface area contributed by atoms with Crippen LogP contribution in [0.3, 0.4) is 0 Å². The summed E-state index contributed by atoms with van der Waals surface area (Å²) in [6, 6.07) is 0.414. The quantitative estimate of drug-likeness (QED) is 0.753. The fourth-order valence-corrected chi connectivity index (χ4v) is 1.75. The molecule has 0 spiro atoms. The zero-order valence-electron chi connectivity index (χ0n) is 9.18. The molecule has 3 N–H and O–H groups in total. The molecule has 0 amide bonds. The number of aliphatic hydroxyl groups is 1. The standard InChI is InChI=1S/C9H18N4OS/c1-7(2)13(4-3-5-14)6-8-9(10)15-12-11-8/h7,14H,3-6,10H2,1-2H3. The Bertz CT molecular complexity index is 289. The van der Waals surface area contributed by atoms with E-state index >= 15 is 0 Å². The first-order chi connectivity index (χ1) is 7.15. The minimum atomic E-state index is 0.216. The Morgan fingerprint density at radius 1 is 1.53 bits per heavy atom. The van der Waals surface area contributed by atoms with Gasteiger partial charge in [-0.15, -0.1) is 5.10 Å². The van der Waals surface area contributed by atoms with Gasteiger partial charge in [-0.2, -0.15) is 0 Å². The Kier molecular flexibility index (Phi) is 4.93. The van der Waals surface area contributed by atoms with E-state index in [1.165, 1.54) is 11.5 Å². The van der Waals surface area contributed by atoms with E-state index in [2.05, 4.69) is 28.3 Å². The van der Waals surface area contributed by atoms with Gasteiger partial charge in [-0.1, -0.05) is 4.49 Å². The monoisotopic (exact) mass is 230 g/mol. The van der Waals surface area contributed by atoms with E-state index in [0.717, 1.165) is 18.7 Å². The van der Waals surface area contributed by atoms with Crippen LogP contribution in [0.4, 0.5) is 5.00 Å². The molecule has 0 aliphatic carbocycles. The third-order valence-corrected chi connectivity index (χ3v) is 2.87. The smallest absolute Gasteiger partial charge is 0.132 e. The van der Waals surface area contributed by atoms with Crippen molar-refractivity contribution < 1.29 is 5.11 Å². The molecule has 1 rings (SSSR count). The van der Waals surface area contributed by atoms with Crippen LogP contribution >= 0.6 is 11.5 Å². The maximum Gasteiger partial charge on any atom is 0.132 e. The molecule has 1 aromatic rings. The normalized spacial score (nSPS) is 11.5. The van der Waals surface area contributed by atoms with Crippen molar-refractivity contribution in [3.8, 4) is 0 Å². The van der Waals surface area contributed by atoms with Gasteiger partial charge in [0.25, 0.3) is 0 Å². The molecule has 0 aliphatic rings. The summed E-state index contributed by atoms with van der Waals surface area (Å²) in [5, 5.41) is 13.5. The Morgan fingerprint density at radius 3 is 2.73 bits per heavy atom. The van der Waals surface area contributed by atoms with Crippen molar-refractivity contribution in [3.05, 3.63) is 5.69 Å². The van der Waals surface area contributed by atoms with Crippen LogP contribution in [-0.4, -0.2) is 38.8 Å². The lowest BCUT2D eigenvalue weighted by Crippen LogP contribution is -2.32. The molecule has 0 saturated heterocycles. The summed E-state index contributed by atoms with van der Waals surface area (Å²) in [7, 11) is 0. The number of anilines is 1. The number of nitrogens with zero attached hydrogens (tertiary/aromatic N) is 3. The second-order valence-corrected chi connectivity index (χ2v) is 4.51. The van der Waals surface area contributed by atoms with Gasteiger partial charge in [0.2, 0.25) is 0 Å². The summed E-state index contributed by atoms with van der Waals surface area (Å²) in [6.07, 6.45) is 0.773. The average molecular weight is 230 g/mol. The molecule has 0 aromatic carbocycles. The van der Waals surface area contributed by atoms with Crippen LogP contribution in [0.1, 0.15) is 26.0 Å². The number of hydrogen-bond donors (Lipinski definition) is 2. The molecule has 15 heavy (non-hydrogen) atoms. The van der Waals surface area contributed by atoms with Gasteiger partial charge in [0, 0.05) is 37.3 Å². The van der Waals surface area contributed by atoms with Crippen LogP contribution in [0.5, 0.6) is 0 Å². The number of aromatic nitrogens is 2. The zero-order chi connectivity index (χ0) is 11.3. The van der Waals surface area contributed by atoms with E-state index in [1.54, 1.807) is 0 Å². The Balaban J connectivity index is 2.54. The SMILES string of the molecule is CC(C)N(CCCO)Cc1nnsc1N. The summed E-state index contributed by atoms with van der Waals surface area (Å²) in [5.41, 5.74) is 6.57. The van der Waals surface area contributed by atoms with Crippen LogP contribution in [0.2, 0.25) is 0 Å². The highest BCUT2D eigenvalue weighted by atomic mass is 32.1. The number of aliphatic hydroxyl groups excluding tert-OH is 1. The molecule has 5 nitrogen and oxygen atoms in total. The zero-order valence-corrected chi connectivity index (χ0v) is 10.00. The third kappa shape index (κ3) is 3.73. The van der Waals surface area contributed by atoms with E-state index in [0.29, 0.717) is 17.6 Å². The van der Waals surface area contributed by atoms with Gasteiger partial charge in [0.1, 0.15) is 10.7 Å². The van der Waals surface area contributed by atoms with Gasteiger partial charge in [-0.05, 0) is 20.3 Å². The number of hydrogen-bond acceptors (Lipinski definition) is 6. The van der Waals surface area contributed by atoms with Gasteiger partial charge >= 0.3 is 0 Å². The lowest BCUT2D eigenvalue weighted by Gasteiger charge is -2.25. The van der Waals surface area contributed by atoms with Crippen LogP contribution in [0.15, 0.2) is 0 Å². The summed E-state index contributed by atoms with van der Waals surface area (Å²) in [6.45, 7) is 6.01. The number of rotatable bonds is 6. The largest absolute Gasteiger partial charge is 0.396 e. The van der Waals surface area contributed by atoms with Crippen molar-refractivity contribution in [1.82, 2.24) is 14.5 Å². The number of nitrogens with two attached hydrogens (primary N) is 1. The lowest BCUT2D eigenvalue weighted by atomic mass is 10.2. The molecule has 1 aromatic heterocycles. The lowest BCUT2D eigenvalue weighted by molar-refractivity contribution is 0.183. The minimum absolute atomic E-state index is 0.216. The van der Waals surface area contributed by atoms with E-state index in [9.17, 15) is 0 Å². The summed E-state index contributed by atoms with van der Waals surface area (Å²) in [4.78, 5) is 2.23. The first-order valence-electron chi connectivity index (χ1n) is 5.06. The molecular formula is C9H18N4OS. The molecule has 1 heterocycles. The van der Waals surface area contributed by atoms with Crippen molar-refractivity contribution in [2.75, 3.05) is 18.9 Å². The fraction of sp³-hybridized carbons (Fsp3) is 0.778. The second kappa shape index (κ2) is 5.99. The molecule has 0 fully saturated rings. The van der Waals surface area contributed by atoms with Crippen LogP contribution in [0.25, 0.3) is 0 Å². The van der Waals surface area contributed by atoms with Crippen molar-refractivity contribution in [1.29, 1.82) is 0 Å². The van der Waals surface area contributed by atoms with Gasteiger partial charge in [0.15, 0.2) is 0 Å². The maximum atomic E-state index is 8.80. The highest BCUT2D eigenvalue weighted by Crippen LogP contribution is 2.16. The Morgan fingerprint density at radius 2 is 2.27 bits per heavy atom. The molecule has 0 saturated carbocycles. The van der Waals surface area contributed by atoms with Gasteiger partial charge in [-0.3, -0.25) is 4.90 Å².